The number of hydrogen-bond acceptors (Lipinski definition) is 5. The van der Waals surface area contributed by atoms with Gasteiger partial charge in [-0.25, -0.2) is 36.5 Å². The van der Waals surface area contributed by atoms with E-state index in [0.29, 0.717) is 33.4 Å². The van der Waals surface area contributed by atoms with Crippen molar-refractivity contribution < 1.29 is 31.5 Å². The predicted molar refractivity (Wildman–Crippen MR) is 161 cm³/mol. The number of aromatic nitrogens is 2. The summed E-state index contributed by atoms with van der Waals surface area (Å²) in [6, 6.07) is 13.1. The van der Waals surface area contributed by atoms with E-state index >= 15 is 0 Å². The Balaban J connectivity index is 1.48. The Kier molecular flexibility index (Phi) is 7.68. The smallest absolute Gasteiger partial charge is 0.355 e. The minimum absolute atomic E-state index is 0.0174. The summed E-state index contributed by atoms with van der Waals surface area (Å²) < 4.78 is 67.1. The molecule has 0 bridgehead atoms. The van der Waals surface area contributed by atoms with Gasteiger partial charge in [-0.1, -0.05) is 30.0 Å². The van der Waals surface area contributed by atoms with Crippen LogP contribution in [0.3, 0.4) is 0 Å². The van der Waals surface area contributed by atoms with Crippen LogP contribution in [-0.2, 0) is 23.0 Å². The van der Waals surface area contributed by atoms with Gasteiger partial charge in [0, 0.05) is 52.7 Å². The zero-order chi connectivity index (χ0) is 31.4. The summed E-state index contributed by atoms with van der Waals surface area (Å²) in [6.07, 6.45) is 2.27. The van der Waals surface area contributed by atoms with E-state index in [0.717, 1.165) is 47.5 Å². The van der Waals surface area contributed by atoms with Crippen LogP contribution in [0.25, 0.3) is 21.8 Å². The lowest BCUT2D eigenvalue weighted by Crippen LogP contribution is -2.34. The number of nitrogens with two attached hydrogens (primary N) is 1. The number of alkyl halides is 2. The van der Waals surface area contributed by atoms with E-state index in [1.54, 1.807) is 13.0 Å². The second-order valence-electron chi connectivity index (χ2n) is 11.5. The second kappa shape index (κ2) is 11.2. The molecule has 3 N–H and O–H groups in total. The lowest BCUT2D eigenvalue weighted by molar-refractivity contribution is -0.0936. The average molecular weight is 640 g/mol. The summed E-state index contributed by atoms with van der Waals surface area (Å²) in [5.41, 5.74) is 4.31. The number of primary sulfonamides is 1. The van der Waals surface area contributed by atoms with Gasteiger partial charge >= 0.3 is 5.97 Å². The van der Waals surface area contributed by atoms with Crippen molar-refractivity contribution in [3.05, 3.63) is 81.7 Å². The van der Waals surface area contributed by atoms with Crippen molar-refractivity contribution in [2.75, 3.05) is 0 Å². The Morgan fingerprint density at radius 1 is 1.18 bits per heavy atom. The fourth-order valence-corrected chi connectivity index (χ4v) is 7.01. The van der Waals surface area contributed by atoms with E-state index in [4.69, 9.17) is 5.14 Å². The number of thiazole rings is 1. The molecule has 228 valence electrons. The predicted octanol–water partition coefficient (Wildman–Crippen LogP) is 6.47. The normalized spacial score (nSPS) is 16.3. The van der Waals surface area contributed by atoms with Gasteiger partial charge in [0.25, 0.3) is 5.92 Å². The van der Waals surface area contributed by atoms with E-state index in [1.807, 2.05) is 28.8 Å². The average Bonchev–Trinajstić information content (AvgIpc) is 3.56. The monoisotopic (exact) mass is 639 g/mol. The molecular weight excluding hydrogens is 611 g/mol. The third-order valence-electron chi connectivity index (χ3n) is 7.93. The van der Waals surface area contributed by atoms with Crippen molar-refractivity contribution >= 4 is 27.3 Å². The van der Waals surface area contributed by atoms with E-state index in [1.165, 1.54) is 17.4 Å². The van der Waals surface area contributed by atoms with E-state index < -0.39 is 32.6 Å². The lowest BCUT2D eigenvalue weighted by atomic mass is 9.82. The molecular formula is C32H28F3N3O4S2. The van der Waals surface area contributed by atoms with Crippen LogP contribution >= 0.6 is 11.3 Å². The minimum atomic E-state index is -4.24. The molecule has 2 heterocycles. The van der Waals surface area contributed by atoms with Crippen molar-refractivity contribution in [3.8, 4) is 33.7 Å². The molecule has 4 aromatic rings. The molecule has 12 heteroatoms. The Labute approximate surface area is 256 Å². The first-order chi connectivity index (χ1) is 20.8. The van der Waals surface area contributed by atoms with Crippen LogP contribution in [0.5, 0.6) is 0 Å². The maximum absolute atomic E-state index is 14.9. The summed E-state index contributed by atoms with van der Waals surface area (Å²) in [5.74, 6) is 1.30. The SMILES string of the molecule is Cc1sc(-c2cc(-c3cccc(C#CC4CC(F)(F)C4)c3)n(Cc3ccc(S(N)(=O)=O)c(F)c3)c2CC2CC2)nc1C(=O)O. The first-order valence-electron chi connectivity index (χ1n) is 14.0. The third kappa shape index (κ3) is 6.31. The molecule has 0 saturated heterocycles. The van der Waals surface area contributed by atoms with Gasteiger partial charge in [0.05, 0.1) is 0 Å². The topological polar surface area (TPSA) is 115 Å². The second-order valence-corrected chi connectivity index (χ2v) is 14.2. The van der Waals surface area contributed by atoms with Gasteiger partial charge in [0.15, 0.2) is 5.69 Å². The van der Waals surface area contributed by atoms with Crippen LogP contribution in [0.2, 0.25) is 0 Å². The van der Waals surface area contributed by atoms with Crippen molar-refractivity contribution in [1.29, 1.82) is 0 Å². The molecule has 0 atom stereocenters. The number of hydrogen-bond donors (Lipinski definition) is 2. The van der Waals surface area contributed by atoms with Crippen LogP contribution in [0.1, 0.15) is 57.9 Å². The van der Waals surface area contributed by atoms with Crippen molar-refractivity contribution in [1.82, 2.24) is 9.55 Å². The number of sulfonamides is 1. The number of aryl methyl sites for hydroxylation is 1. The number of halogens is 3. The highest BCUT2D eigenvalue weighted by molar-refractivity contribution is 7.89. The zero-order valence-corrected chi connectivity index (χ0v) is 25.2. The molecule has 2 aromatic heterocycles. The van der Waals surface area contributed by atoms with Crippen LogP contribution < -0.4 is 5.14 Å². The van der Waals surface area contributed by atoms with Gasteiger partial charge in [-0.2, -0.15) is 0 Å². The van der Waals surface area contributed by atoms with Gasteiger partial charge < -0.3 is 9.67 Å². The summed E-state index contributed by atoms with van der Waals surface area (Å²) >= 11 is 1.28. The molecule has 0 radical (unpaired) electrons. The molecule has 44 heavy (non-hydrogen) atoms. The zero-order valence-electron chi connectivity index (χ0n) is 23.6. The van der Waals surface area contributed by atoms with Crippen LogP contribution in [0, 0.1) is 36.4 Å². The van der Waals surface area contributed by atoms with Gasteiger partial charge in [-0.05, 0) is 73.6 Å². The highest BCUT2D eigenvalue weighted by Gasteiger charge is 2.44. The first kappa shape index (κ1) is 30.1. The molecule has 0 unspecified atom stereocenters. The third-order valence-corrected chi connectivity index (χ3v) is 9.88. The molecule has 2 saturated carbocycles. The van der Waals surface area contributed by atoms with E-state index in [2.05, 4.69) is 16.8 Å². The van der Waals surface area contributed by atoms with Crippen molar-refractivity contribution in [3.63, 3.8) is 0 Å². The Bertz CT molecular complexity index is 1960. The Morgan fingerprint density at radius 3 is 2.55 bits per heavy atom. The minimum Gasteiger partial charge on any atom is -0.476 e. The van der Waals surface area contributed by atoms with E-state index in [9.17, 15) is 31.5 Å². The number of nitrogens with zero attached hydrogens (tertiary/aromatic N) is 2. The van der Waals surface area contributed by atoms with Crippen LogP contribution in [0.15, 0.2) is 53.4 Å². The number of carboxylic acid groups (broad SMARTS) is 1. The molecule has 2 aromatic carbocycles. The van der Waals surface area contributed by atoms with Crippen molar-refractivity contribution in [2.24, 2.45) is 17.0 Å². The van der Waals surface area contributed by atoms with Crippen molar-refractivity contribution in [2.45, 2.75) is 56.4 Å². The molecule has 6 rings (SSSR count). The summed E-state index contributed by atoms with van der Waals surface area (Å²) in [7, 11) is -4.24. The first-order valence-corrected chi connectivity index (χ1v) is 16.4. The molecule has 2 aliphatic rings. The number of carboxylic acids is 1. The fraction of sp³-hybridized carbons (Fsp3) is 0.312. The van der Waals surface area contributed by atoms with Gasteiger partial charge in [0.2, 0.25) is 10.0 Å². The van der Waals surface area contributed by atoms with Gasteiger partial charge in [-0.15, -0.1) is 11.3 Å². The maximum Gasteiger partial charge on any atom is 0.355 e. The molecule has 0 amide bonds. The Morgan fingerprint density at radius 2 is 1.93 bits per heavy atom. The summed E-state index contributed by atoms with van der Waals surface area (Å²) in [4.78, 5) is 16.2. The Hall–Kier alpha value is -3.92. The molecule has 2 aliphatic carbocycles. The summed E-state index contributed by atoms with van der Waals surface area (Å²) in [6.45, 7) is 1.89. The number of carbonyl (C=O) groups is 1. The number of rotatable bonds is 8. The maximum atomic E-state index is 14.9. The molecule has 0 aliphatic heterocycles. The number of aromatic carboxylic acids is 1. The molecule has 0 spiro atoms. The fourth-order valence-electron chi connectivity index (χ4n) is 5.48. The van der Waals surface area contributed by atoms with E-state index in [-0.39, 0.29) is 31.0 Å². The van der Waals surface area contributed by atoms with Crippen LogP contribution in [0.4, 0.5) is 13.2 Å². The summed E-state index contributed by atoms with van der Waals surface area (Å²) in [5, 5.41) is 15.4. The highest BCUT2D eigenvalue weighted by atomic mass is 32.2. The lowest BCUT2D eigenvalue weighted by Gasteiger charge is -2.31. The van der Waals surface area contributed by atoms with Gasteiger partial charge in [0.1, 0.15) is 15.7 Å². The molecule has 2 fully saturated rings. The largest absolute Gasteiger partial charge is 0.476 e. The quantitative estimate of drug-likeness (QED) is 0.215. The number of benzene rings is 2. The van der Waals surface area contributed by atoms with Gasteiger partial charge in [-0.3, -0.25) is 0 Å². The van der Waals surface area contributed by atoms with Crippen LogP contribution in [-0.4, -0.2) is 35.0 Å². The standard InChI is InChI=1S/C32H28F3N3O4S2/c1-18-29(31(39)40)37-30(43-18)24-14-26(23-4-2-3-19(11-23)7-8-22-15-32(34,35)16-22)38(27(24)13-20-5-6-20)17-21-9-10-28(25(33)12-21)44(36,41)42/h2-4,9-12,14,20,22H,5-6,13,15-17H2,1H3,(H,39,40)(H2,36,41,42). The molecule has 7 nitrogen and oxygen atoms in total. The highest BCUT2D eigenvalue weighted by Crippen LogP contribution is 2.43.